The molecule has 1 fully saturated rings. The van der Waals surface area contributed by atoms with Crippen molar-refractivity contribution < 1.29 is 18.8 Å². The van der Waals surface area contributed by atoms with Gasteiger partial charge in [-0.3, -0.25) is 24.0 Å². The molecule has 1 unspecified atom stereocenters. The molecule has 2 aliphatic rings. The third kappa shape index (κ3) is 3.69. The number of nitrogens with one attached hydrogen (secondary N) is 1. The number of fused-ring (bicyclic) bond motifs is 1. The van der Waals surface area contributed by atoms with Gasteiger partial charge in [0.2, 0.25) is 17.7 Å². The van der Waals surface area contributed by atoms with E-state index in [1.165, 1.54) is 23.1 Å². The lowest BCUT2D eigenvalue weighted by Gasteiger charge is -2.36. The second-order valence-electron chi connectivity index (χ2n) is 7.21. The van der Waals surface area contributed by atoms with Crippen LogP contribution in [0.2, 0.25) is 5.02 Å². The molecule has 0 bridgehead atoms. The summed E-state index contributed by atoms with van der Waals surface area (Å²) in [6.07, 6.45) is 1.64. The van der Waals surface area contributed by atoms with E-state index in [9.17, 15) is 18.8 Å². The number of hydrogen-bond donors (Lipinski definition) is 1. The van der Waals surface area contributed by atoms with Gasteiger partial charge in [0.1, 0.15) is 12.4 Å². The second kappa shape index (κ2) is 7.47. The minimum Gasteiger partial charge on any atom is -0.345 e. The molecule has 10 heteroatoms. The fraction of sp³-hybridized carbons (Fsp3) is 0.368. The maximum absolute atomic E-state index is 13.4. The van der Waals surface area contributed by atoms with E-state index in [-0.39, 0.29) is 54.8 Å². The Labute approximate surface area is 171 Å². The van der Waals surface area contributed by atoms with Gasteiger partial charge in [0.25, 0.3) is 0 Å². The van der Waals surface area contributed by atoms with Crippen molar-refractivity contribution in [3.05, 3.63) is 46.5 Å². The molecule has 0 saturated carbocycles. The molecular weight excluding hydrogens is 401 g/mol. The fourth-order valence-corrected chi connectivity index (χ4v) is 3.85. The van der Waals surface area contributed by atoms with E-state index < -0.39 is 5.82 Å². The third-order valence-corrected chi connectivity index (χ3v) is 5.50. The monoisotopic (exact) mass is 419 g/mol. The molecule has 1 aromatic heterocycles. The molecule has 29 heavy (non-hydrogen) atoms. The van der Waals surface area contributed by atoms with Crippen LogP contribution in [0, 0.1) is 5.82 Å². The van der Waals surface area contributed by atoms with Crippen LogP contribution in [0.4, 0.5) is 10.1 Å². The van der Waals surface area contributed by atoms with Gasteiger partial charge < -0.3 is 10.2 Å². The van der Waals surface area contributed by atoms with Crippen LogP contribution in [0.15, 0.2) is 24.4 Å². The van der Waals surface area contributed by atoms with Crippen LogP contribution in [-0.4, -0.2) is 51.5 Å². The van der Waals surface area contributed by atoms with Gasteiger partial charge in [-0.25, -0.2) is 4.39 Å². The van der Waals surface area contributed by atoms with Gasteiger partial charge in [-0.05, 0) is 24.6 Å². The SMILES string of the molecule is CC1Cn2ncc(N3CC(=O)NCC3=O)c2CN1C(=O)Cc1ccc(F)c(Cl)c1. The Morgan fingerprint density at radius 3 is 2.90 bits per heavy atom. The van der Waals surface area contributed by atoms with E-state index in [2.05, 4.69) is 10.4 Å². The number of hydrogen-bond acceptors (Lipinski definition) is 4. The lowest BCUT2D eigenvalue weighted by Crippen LogP contribution is -2.52. The Morgan fingerprint density at radius 1 is 1.34 bits per heavy atom. The van der Waals surface area contributed by atoms with Crippen LogP contribution in [0.3, 0.4) is 0 Å². The summed E-state index contributed by atoms with van der Waals surface area (Å²) in [7, 11) is 0. The smallest absolute Gasteiger partial charge is 0.246 e. The Kier molecular flexibility index (Phi) is 4.99. The number of halogens is 2. The van der Waals surface area contributed by atoms with Gasteiger partial charge in [0.15, 0.2) is 0 Å². The number of aromatic nitrogens is 2. The first-order valence-corrected chi connectivity index (χ1v) is 9.56. The molecule has 1 N–H and O–H groups in total. The summed E-state index contributed by atoms with van der Waals surface area (Å²) >= 11 is 5.81. The number of piperazine rings is 1. The zero-order chi connectivity index (χ0) is 20.7. The van der Waals surface area contributed by atoms with Crippen LogP contribution in [0.1, 0.15) is 18.2 Å². The Bertz CT molecular complexity index is 1010. The van der Waals surface area contributed by atoms with Crippen LogP contribution in [0.25, 0.3) is 0 Å². The number of nitrogens with zero attached hydrogens (tertiary/aromatic N) is 4. The number of amides is 3. The van der Waals surface area contributed by atoms with Crippen molar-refractivity contribution in [1.82, 2.24) is 20.0 Å². The number of carbonyl (C=O) groups excluding carboxylic acids is 3. The highest BCUT2D eigenvalue weighted by molar-refractivity contribution is 6.30. The highest BCUT2D eigenvalue weighted by atomic mass is 35.5. The Morgan fingerprint density at radius 2 is 2.14 bits per heavy atom. The summed E-state index contributed by atoms with van der Waals surface area (Å²) in [5.74, 6) is -1.13. The van der Waals surface area contributed by atoms with E-state index in [1.807, 2.05) is 6.92 Å². The van der Waals surface area contributed by atoms with Crippen molar-refractivity contribution in [3.63, 3.8) is 0 Å². The lowest BCUT2D eigenvalue weighted by atomic mass is 10.1. The molecule has 4 rings (SSSR count). The Hall–Kier alpha value is -2.94. The number of carbonyl (C=O) groups is 3. The van der Waals surface area contributed by atoms with Crippen molar-refractivity contribution in [3.8, 4) is 0 Å². The molecule has 3 amide bonds. The molecule has 8 nitrogen and oxygen atoms in total. The standard InChI is InChI=1S/C19H19ClFN5O3/c1-11-8-26-16(15(6-23-26)25-10-17(27)22-7-19(25)29)9-24(11)18(28)5-12-2-3-14(21)13(20)4-12/h2-4,6,11H,5,7-10H2,1H3,(H,22,27). The van der Waals surface area contributed by atoms with Gasteiger partial charge in [0.05, 0.1) is 48.7 Å². The summed E-state index contributed by atoms with van der Waals surface area (Å²) in [5, 5.41) is 6.83. The van der Waals surface area contributed by atoms with Crippen LogP contribution in [-0.2, 0) is 33.9 Å². The summed E-state index contributed by atoms with van der Waals surface area (Å²) in [6.45, 7) is 2.51. The minimum absolute atomic E-state index is 0.0238. The van der Waals surface area contributed by atoms with E-state index in [0.29, 0.717) is 23.5 Å². The first-order valence-electron chi connectivity index (χ1n) is 9.18. The Balaban J connectivity index is 1.56. The molecule has 0 radical (unpaired) electrons. The predicted molar refractivity (Wildman–Crippen MR) is 103 cm³/mol. The zero-order valence-corrected chi connectivity index (χ0v) is 16.4. The summed E-state index contributed by atoms with van der Waals surface area (Å²) in [4.78, 5) is 40.0. The molecule has 0 aliphatic carbocycles. The van der Waals surface area contributed by atoms with Crippen LogP contribution >= 0.6 is 11.6 Å². The van der Waals surface area contributed by atoms with Crippen LogP contribution in [0.5, 0.6) is 0 Å². The summed E-state index contributed by atoms with van der Waals surface area (Å²) in [6, 6.07) is 4.11. The maximum atomic E-state index is 13.4. The zero-order valence-electron chi connectivity index (χ0n) is 15.7. The molecule has 1 saturated heterocycles. The van der Waals surface area contributed by atoms with E-state index >= 15 is 0 Å². The predicted octanol–water partition coefficient (Wildman–Crippen LogP) is 1.11. The average molecular weight is 420 g/mol. The number of anilines is 1. The van der Waals surface area contributed by atoms with Crippen molar-refractivity contribution in [2.24, 2.45) is 0 Å². The highest BCUT2D eigenvalue weighted by Crippen LogP contribution is 2.28. The highest BCUT2D eigenvalue weighted by Gasteiger charge is 2.33. The van der Waals surface area contributed by atoms with Crippen molar-refractivity contribution >= 4 is 35.0 Å². The van der Waals surface area contributed by atoms with E-state index in [4.69, 9.17) is 11.6 Å². The van der Waals surface area contributed by atoms with Gasteiger partial charge in [-0.1, -0.05) is 17.7 Å². The second-order valence-corrected chi connectivity index (χ2v) is 7.62. The minimum atomic E-state index is -0.530. The van der Waals surface area contributed by atoms with Crippen molar-refractivity contribution in [1.29, 1.82) is 0 Å². The molecule has 2 aromatic rings. The molecular formula is C19H19ClFN5O3. The van der Waals surface area contributed by atoms with Gasteiger partial charge in [0, 0.05) is 6.04 Å². The normalized spacial score (nSPS) is 19.2. The summed E-state index contributed by atoms with van der Waals surface area (Å²) < 4.78 is 15.1. The van der Waals surface area contributed by atoms with E-state index in [0.717, 1.165) is 0 Å². The average Bonchev–Trinajstić information content (AvgIpc) is 3.08. The van der Waals surface area contributed by atoms with Crippen molar-refractivity contribution in [2.45, 2.75) is 32.5 Å². The number of benzene rings is 1. The van der Waals surface area contributed by atoms with Gasteiger partial charge in [-0.2, -0.15) is 5.10 Å². The largest absolute Gasteiger partial charge is 0.345 e. The molecule has 1 atom stereocenters. The van der Waals surface area contributed by atoms with Gasteiger partial charge >= 0.3 is 0 Å². The first-order chi connectivity index (χ1) is 13.8. The molecule has 2 aliphatic heterocycles. The van der Waals surface area contributed by atoms with Crippen molar-refractivity contribution in [2.75, 3.05) is 18.0 Å². The maximum Gasteiger partial charge on any atom is 0.246 e. The fourth-order valence-electron chi connectivity index (χ4n) is 3.65. The summed E-state index contributed by atoms with van der Waals surface area (Å²) in [5.41, 5.74) is 1.87. The lowest BCUT2D eigenvalue weighted by molar-refractivity contribution is -0.134. The molecule has 1 aromatic carbocycles. The van der Waals surface area contributed by atoms with E-state index in [1.54, 1.807) is 15.8 Å². The topological polar surface area (TPSA) is 87.5 Å². The number of rotatable bonds is 3. The quantitative estimate of drug-likeness (QED) is 0.807. The third-order valence-electron chi connectivity index (χ3n) is 5.21. The van der Waals surface area contributed by atoms with Gasteiger partial charge in [-0.15, -0.1) is 0 Å². The molecule has 0 spiro atoms. The molecule has 3 heterocycles. The first kappa shape index (κ1) is 19.4. The van der Waals surface area contributed by atoms with Crippen LogP contribution < -0.4 is 10.2 Å². The molecule has 152 valence electrons.